The first kappa shape index (κ1) is 10.8. The van der Waals surface area contributed by atoms with Crippen LogP contribution >= 0.6 is 15.9 Å². The summed E-state index contributed by atoms with van der Waals surface area (Å²) in [4.78, 5) is 0. The van der Waals surface area contributed by atoms with Gasteiger partial charge in [-0.05, 0) is 36.1 Å². The van der Waals surface area contributed by atoms with Gasteiger partial charge in [0.2, 0.25) is 0 Å². The molecule has 0 aliphatic rings. The number of benzene rings is 1. The largest absolute Gasteiger partial charge is 0.0651 e. The van der Waals surface area contributed by atoms with Crippen molar-refractivity contribution in [3.8, 4) is 0 Å². The summed E-state index contributed by atoms with van der Waals surface area (Å²) in [5.41, 5.74) is 3.03. The zero-order valence-corrected chi connectivity index (χ0v) is 10.0. The number of halogens is 1. The van der Waals surface area contributed by atoms with Gasteiger partial charge in [-0.2, -0.15) is 0 Å². The monoisotopic (exact) mass is 240 g/mol. The first-order chi connectivity index (χ1) is 6.27. The van der Waals surface area contributed by atoms with Crippen molar-refractivity contribution in [1.82, 2.24) is 0 Å². The van der Waals surface area contributed by atoms with Gasteiger partial charge in [0.05, 0.1) is 0 Å². The van der Waals surface area contributed by atoms with Crippen LogP contribution in [0.25, 0.3) is 0 Å². The van der Waals surface area contributed by atoms with Crippen LogP contribution < -0.4 is 0 Å². The molecule has 13 heavy (non-hydrogen) atoms. The summed E-state index contributed by atoms with van der Waals surface area (Å²) in [5, 5.41) is 0. The standard InChI is InChI=1S/C12H17Br/c1-3-5-10-7-8-12(13)9-11(10)6-4-2/h7-9H,3-6H2,1-2H3. The second kappa shape index (κ2) is 5.43. The van der Waals surface area contributed by atoms with Gasteiger partial charge in [-0.3, -0.25) is 0 Å². The van der Waals surface area contributed by atoms with Gasteiger partial charge in [0.25, 0.3) is 0 Å². The zero-order chi connectivity index (χ0) is 9.68. The van der Waals surface area contributed by atoms with Crippen molar-refractivity contribution in [1.29, 1.82) is 0 Å². The molecular weight excluding hydrogens is 224 g/mol. The van der Waals surface area contributed by atoms with E-state index in [1.54, 1.807) is 0 Å². The van der Waals surface area contributed by atoms with Crippen molar-refractivity contribution in [3.05, 3.63) is 33.8 Å². The van der Waals surface area contributed by atoms with Crippen LogP contribution in [-0.2, 0) is 12.8 Å². The SMILES string of the molecule is CCCc1ccc(Br)cc1CCC. The third-order valence-corrected chi connectivity index (χ3v) is 2.70. The fourth-order valence-electron chi connectivity index (χ4n) is 1.61. The second-order valence-electron chi connectivity index (χ2n) is 3.41. The van der Waals surface area contributed by atoms with Crippen LogP contribution in [0.15, 0.2) is 22.7 Å². The Morgan fingerprint density at radius 3 is 2.23 bits per heavy atom. The number of hydrogen-bond acceptors (Lipinski definition) is 0. The molecule has 0 amide bonds. The van der Waals surface area contributed by atoms with E-state index in [2.05, 4.69) is 48.0 Å². The summed E-state index contributed by atoms with van der Waals surface area (Å²) in [5.74, 6) is 0. The topological polar surface area (TPSA) is 0 Å². The molecule has 1 aromatic carbocycles. The molecule has 0 saturated heterocycles. The highest BCUT2D eigenvalue weighted by molar-refractivity contribution is 9.10. The Hall–Kier alpha value is -0.300. The van der Waals surface area contributed by atoms with Crippen LogP contribution in [0.4, 0.5) is 0 Å². The Morgan fingerprint density at radius 1 is 1.00 bits per heavy atom. The summed E-state index contributed by atoms with van der Waals surface area (Å²) >= 11 is 3.52. The lowest BCUT2D eigenvalue weighted by Crippen LogP contribution is -1.93. The molecule has 1 rings (SSSR count). The van der Waals surface area contributed by atoms with Crippen molar-refractivity contribution >= 4 is 15.9 Å². The van der Waals surface area contributed by atoms with E-state index in [-0.39, 0.29) is 0 Å². The smallest absolute Gasteiger partial charge is 0.0178 e. The first-order valence-corrected chi connectivity index (χ1v) is 5.84. The van der Waals surface area contributed by atoms with Gasteiger partial charge in [0.15, 0.2) is 0 Å². The molecular formula is C12H17Br. The summed E-state index contributed by atoms with van der Waals surface area (Å²) in [6.45, 7) is 4.47. The van der Waals surface area contributed by atoms with E-state index in [0.29, 0.717) is 0 Å². The van der Waals surface area contributed by atoms with E-state index in [1.165, 1.54) is 41.3 Å². The predicted molar refractivity (Wildman–Crippen MR) is 62.1 cm³/mol. The van der Waals surface area contributed by atoms with Gasteiger partial charge in [0, 0.05) is 4.47 Å². The molecule has 0 N–H and O–H groups in total. The maximum Gasteiger partial charge on any atom is 0.0178 e. The normalized spacial score (nSPS) is 10.4. The van der Waals surface area contributed by atoms with Crippen LogP contribution in [0.1, 0.15) is 37.8 Å². The van der Waals surface area contributed by atoms with E-state index < -0.39 is 0 Å². The minimum Gasteiger partial charge on any atom is -0.0651 e. The van der Waals surface area contributed by atoms with Crippen molar-refractivity contribution in [3.63, 3.8) is 0 Å². The minimum atomic E-state index is 1.20. The third kappa shape index (κ3) is 3.15. The molecule has 0 aromatic heterocycles. The Bertz CT molecular complexity index is 266. The molecule has 0 radical (unpaired) electrons. The lowest BCUT2D eigenvalue weighted by molar-refractivity contribution is 0.860. The van der Waals surface area contributed by atoms with Crippen LogP contribution in [0, 0.1) is 0 Å². The Balaban J connectivity index is 2.89. The maximum absolute atomic E-state index is 3.52. The van der Waals surface area contributed by atoms with E-state index in [4.69, 9.17) is 0 Å². The van der Waals surface area contributed by atoms with Gasteiger partial charge in [-0.15, -0.1) is 0 Å². The highest BCUT2D eigenvalue weighted by Crippen LogP contribution is 2.19. The van der Waals surface area contributed by atoms with E-state index in [0.717, 1.165) is 0 Å². The molecule has 0 saturated carbocycles. The van der Waals surface area contributed by atoms with Crippen LogP contribution in [0.3, 0.4) is 0 Å². The van der Waals surface area contributed by atoms with Crippen LogP contribution in [-0.4, -0.2) is 0 Å². The van der Waals surface area contributed by atoms with Gasteiger partial charge in [0.1, 0.15) is 0 Å². The molecule has 0 aliphatic carbocycles. The molecule has 72 valence electrons. The van der Waals surface area contributed by atoms with E-state index in [1.807, 2.05) is 0 Å². The fourth-order valence-corrected chi connectivity index (χ4v) is 2.02. The molecule has 0 unspecified atom stereocenters. The molecule has 0 fully saturated rings. The van der Waals surface area contributed by atoms with Gasteiger partial charge in [-0.25, -0.2) is 0 Å². The summed E-state index contributed by atoms with van der Waals surface area (Å²) in [7, 11) is 0. The Morgan fingerprint density at radius 2 is 1.62 bits per heavy atom. The quantitative estimate of drug-likeness (QED) is 0.734. The van der Waals surface area contributed by atoms with E-state index in [9.17, 15) is 0 Å². The van der Waals surface area contributed by atoms with Crippen LogP contribution in [0.2, 0.25) is 0 Å². The Kier molecular flexibility index (Phi) is 4.51. The summed E-state index contributed by atoms with van der Waals surface area (Å²) in [6, 6.07) is 6.65. The molecule has 0 atom stereocenters. The van der Waals surface area contributed by atoms with E-state index >= 15 is 0 Å². The second-order valence-corrected chi connectivity index (χ2v) is 4.33. The number of aryl methyl sites for hydroxylation is 2. The molecule has 0 bridgehead atoms. The first-order valence-electron chi connectivity index (χ1n) is 5.05. The highest BCUT2D eigenvalue weighted by atomic mass is 79.9. The average molecular weight is 241 g/mol. The predicted octanol–water partition coefficient (Wildman–Crippen LogP) is 4.35. The van der Waals surface area contributed by atoms with Crippen LogP contribution in [0.5, 0.6) is 0 Å². The number of hydrogen-bond donors (Lipinski definition) is 0. The van der Waals surface area contributed by atoms with Gasteiger partial charge >= 0.3 is 0 Å². The summed E-state index contributed by atoms with van der Waals surface area (Å²) < 4.78 is 1.20. The lowest BCUT2D eigenvalue weighted by atomic mass is 10.00. The molecule has 1 heteroatoms. The van der Waals surface area contributed by atoms with Gasteiger partial charge < -0.3 is 0 Å². The highest BCUT2D eigenvalue weighted by Gasteiger charge is 2.01. The maximum atomic E-state index is 3.52. The fraction of sp³-hybridized carbons (Fsp3) is 0.500. The van der Waals surface area contributed by atoms with Crippen molar-refractivity contribution in [2.75, 3.05) is 0 Å². The average Bonchev–Trinajstić information content (AvgIpc) is 2.10. The minimum absolute atomic E-state index is 1.20. The summed E-state index contributed by atoms with van der Waals surface area (Å²) in [6.07, 6.45) is 4.88. The van der Waals surface area contributed by atoms with Crippen molar-refractivity contribution in [2.45, 2.75) is 39.5 Å². The molecule has 1 aromatic rings. The van der Waals surface area contributed by atoms with Crippen molar-refractivity contribution in [2.24, 2.45) is 0 Å². The molecule has 0 heterocycles. The zero-order valence-electron chi connectivity index (χ0n) is 8.44. The Labute approximate surface area is 89.5 Å². The lowest BCUT2D eigenvalue weighted by Gasteiger charge is -2.07. The molecule has 0 spiro atoms. The van der Waals surface area contributed by atoms with Crippen molar-refractivity contribution < 1.29 is 0 Å². The molecule has 0 nitrogen and oxygen atoms in total. The number of rotatable bonds is 4. The molecule has 0 aliphatic heterocycles. The van der Waals surface area contributed by atoms with Gasteiger partial charge in [-0.1, -0.05) is 48.7 Å². The third-order valence-electron chi connectivity index (χ3n) is 2.21.